The normalized spacial score (nSPS) is 11.3. The summed E-state index contributed by atoms with van der Waals surface area (Å²) in [5, 5.41) is 9.82. The summed E-state index contributed by atoms with van der Waals surface area (Å²) < 4.78 is 10.3. The monoisotopic (exact) mass is 384 g/mol. The molecular weight excluding hydrogens is 356 g/mol. The van der Waals surface area contributed by atoms with Gasteiger partial charge >= 0.3 is 0 Å². The average Bonchev–Trinajstić information content (AvgIpc) is 2.64. The first-order chi connectivity index (χ1) is 12.7. The van der Waals surface area contributed by atoms with E-state index in [2.05, 4.69) is 20.9 Å². The van der Waals surface area contributed by atoms with Crippen LogP contribution in [0.3, 0.4) is 0 Å². The predicted molar refractivity (Wildman–Crippen MR) is 105 cm³/mol. The Morgan fingerprint density at radius 3 is 2.50 bits per heavy atom. The highest BCUT2D eigenvalue weighted by atomic mass is 35.5. The van der Waals surface area contributed by atoms with Gasteiger partial charge in [0.15, 0.2) is 5.96 Å². The van der Waals surface area contributed by atoms with Gasteiger partial charge < -0.3 is 25.4 Å². The lowest BCUT2D eigenvalue weighted by atomic mass is 10.2. The van der Waals surface area contributed by atoms with Crippen LogP contribution in [0, 0.1) is 0 Å². The molecule has 0 atom stereocenters. The van der Waals surface area contributed by atoms with Gasteiger partial charge in [0.05, 0.1) is 13.2 Å². The molecular formula is C18H29ClN4O3. The number of benzene rings is 1. The van der Waals surface area contributed by atoms with Crippen LogP contribution < -0.4 is 16.0 Å². The van der Waals surface area contributed by atoms with Crippen LogP contribution in [0.4, 0.5) is 0 Å². The van der Waals surface area contributed by atoms with Crippen molar-refractivity contribution in [3.63, 3.8) is 0 Å². The smallest absolute Gasteiger partial charge is 0.251 e. The van der Waals surface area contributed by atoms with Crippen LogP contribution in [-0.2, 0) is 9.47 Å². The molecule has 0 saturated carbocycles. The number of hydrogen-bond acceptors (Lipinski definition) is 4. The first-order valence-electron chi connectivity index (χ1n) is 8.80. The van der Waals surface area contributed by atoms with Gasteiger partial charge in [-0.15, -0.1) is 0 Å². The number of carbonyl (C=O) groups is 1. The molecule has 0 aliphatic rings. The Morgan fingerprint density at radius 1 is 1.08 bits per heavy atom. The number of carbonyl (C=O) groups excluding carboxylic acids is 1. The predicted octanol–water partition coefficient (Wildman–Crippen LogP) is 1.68. The second-order valence-electron chi connectivity index (χ2n) is 5.41. The molecule has 0 unspecified atom stereocenters. The molecule has 7 nitrogen and oxygen atoms in total. The molecule has 8 heteroatoms. The summed E-state index contributed by atoms with van der Waals surface area (Å²) in [6, 6.07) is 6.80. The van der Waals surface area contributed by atoms with Crippen molar-refractivity contribution < 1.29 is 14.3 Å². The first-order valence-corrected chi connectivity index (χ1v) is 9.17. The molecule has 1 amide bonds. The van der Waals surface area contributed by atoms with Crippen molar-refractivity contribution in [2.24, 2.45) is 4.99 Å². The summed E-state index contributed by atoms with van der Waals surface area (Å²) in [5.74, 6) is 0.601. The van der Waals surface area contributed by atoms with Crippen molar-refractivity contribution >= 4 is 23.5 Å². The lowest BCUT2D eigenvalue weighted by molar-refractivity contribution is 0.0702. The molecule has 26 heavy (non-hydrogen) atoms. The molecule has 0 radical (unpaired) electrons. The number of ether oxygens (including phenoxy) is 2. The highest BCUT2D eigenvalue weighted by Crippen LogP contribution is 2.09. The zero-order valence-electron chi connectivity index (χ0n) is 15.5. The van der Waals surface area contributed by atoms with Gasteiger partial charge in [0.2, 0.25) is 0 Å². The van der Waals surface area contributed by atoms with Gasteiger partial charge in [0, 0.05) is 50.5 Å². The Hall–Kier alpha value is -1.83. The zero-order chi connectivity index (χ0) is 19.0. The number of rotatable bonds is 12. The summed E-state index contributed by atoms with van der Waals surface area (Å²) in [6.45, 7) is 6.38. The minimum Gasteiger partial charge on any atom is -0.382 e. The van der Waals surface area contributed by atoms with Gasteiger partial charge in [-0.2, -0.15) is 0 Å². The van der Waals surface area contributed by atoms with Crippen LogP contribution in [-0.4, -0.2) is 65.0 Å². The van der Waals surface area contributed by atoms with Crippen molar-refractivity contribution in [2.45, 2.75) is 13.3 Å². The van der Waals surface area contributed by atoms with Gasteiger partial charge in [-0.05, 0) is 37.6 Å². The Kier molecular flexibility index (Phi) is 12.3. The topological polar surface area (TPSA) is 84.0 Å². The van der Waals surface area contributed by atoms with E-state index in [9.17, 15) is 4.79 Å². The second kappa shape index (κ2) is 14.4. The van der Waals surface area contributed by atoms with Crippen LogP contribution >= 0.6 is 11.6 Å². The molecule has 146 valence electrons. The highest BCUT2D eigenvalue weighted by Gasteiger charge is 2.04. The summed E-state index contributed by atoms with van der Waals surface area (Å²) in [4.78, 5) is 16.5. The molecule has 0 fully saturated rings. The van der Waals surface area contributed by atoms with Crippen molar-refractivity contribution in [2.75, 3.05) is 53.1 Å². The maximum Gasteiger partial charge on any atom is 0.251 e. The van der Waals surface area contributed by atoms with E-state index in [4.69, 9.17) is 21.1 Å². The van der Waals surface area contributed by atoms with Gasteiger partial charge in [0.25, 0.3) is 5.91 Å². The fourth-order valence-electron chi connectivity index (χ4n) is 2.00. The number of methoxy groups -OCH3 is 1. The van der Waals surface area contributed by atoms with Crippen molar-refractivity contribution in [3.05, 3.63) is 34.9 Å². The lowest BCUT2D eigenvalue weighted by Crippen LogP contribution is -2.41. The highest BCUT2D eigenvalue weighted by molar-refractivity contribution is 6.30. The fraction of sp³-hybridized carbons (Fsp3) is 0.556. The number of hydrogen-bond donors (Lipinski definition) is 3. The van der Waals surface area contributed by atoms with E-state index in [1.165, 1.54) is 0 Å². The number of halogens is 1. The minimum atomic E-state index is -0.126. The molecule has 0 spiro atoms. The van der Waals surface area contributed by atoms with E-state index in [0.717, 1.165) is 18.9 Å². The van der Waals surface area contributed by atoms with Crippen molar-refractivity contribution in [1.29, 1.82) is 0 Å². The maximum atomic E-state index is 12.0. The van der Waals surface area contributed by atoms with Crippen LogP contribution in [0.5, 0.6) is 0 Å². The molecule has 0 aromatic heterocycles. The number of nitrogens with zero attached hydrogens (tertiary/aromatic N) is 1. The molecule has 0 heterocycles. The molecule has 0 aliphatic heterocycles. The maximum absolute atomic E-state index is 12.0. The van der Waals surface area contributed by atoms with Crippen molar-refractivity contribution in [1.82, 2.24) is 16.0 Å². The molecule has 0 bridgehead atoms. The minimum absolute atomic E-state index is 0.126. The first kappa shape index (κ1) is 22.2. The molecule has 0 aliphatic carbocycles. The quantitative estimate of drug-likeness (QED) is 0.290. The van der Waals surface area contributed by atoms with Crippen LogP contribution in [0.15, 0.2) is 29.3 Å². The number of aliphatic imine (C=N–C) groups is 1. The number of amides is 1. The fourth-order valence-corrected chi connectivity index (χ4v) is 2.13. The summed E-state index contributed by atoms with van der Waals surface area (Å²) >= 11 is 5.82. The van der Waals surface area contributed by atoms with Gasteiger partial charge in [0.1, 0.15) is 0 Å². The number of nitrogens with one attached hydrogen (secondary N) is 3. The van der Waals surface area contributed by atoms with E-state index in [0.29, 0.717) is 50.0 Å². The standard InChI is InChI=1S/C18H29ClN4O3/c1-3-20-18(22-9-4-12-26-14-13-25-2)23-11-10-21-17(24)15-5-7-16(19)8-6-15/h5-8H,3-4,9-14H2,1-2H3,(H,21,24)(H2,20,22,23). The summed E-state index contributed by atoms with van der Waals surface area (Å²) in [6.07, 6.45) is 0.841. The Bertz CT molecular complexity index is 538. The number of guanidine groups is 1. The molecule has 1 aromatic rings. The van der Waals surface area contributed by atoms with E-state index < -0.39 is 0 Å². The Balaban J connectivity index is 2.22. The molecule has 1 aromatic carbocycles. The largest absolute Gasteiger partial charge is 0.382 e. The van der Waals surface area contributed by atoms with Gasteiger partial charge in [-0.25, -0.2) is 0 Å². The van der Waals surface area contributed by atoms with E-state index in [-0.39, 0.29) is 5.91 Å². The molecule has 1 rings (SSSR count). The van der Waals surface area contributed by atoms with E-state index in [1.54, 1.807) is 31.4 Å². The SMILES string of the molecule is CCNC(=NCCCOCCOC)NCCNC(=O)c1ccc(Cl)cc1. The van der Waals surface area contributed by atoms with Gasteiger partial charge in [-0.1, -0.05) is 11.6 Å². The van der Waals surface area contributed by atoms with Crippen molar-refractivity contribution in [3.8, 4) is 0 Å². The third-order valence-electron chi connectivity index (χ3n) is 3.30. The van der Waals surface area contributed by atoms with E-state index >= 15 is 0 Å². The lowest BCUT2D eigenvalue weighted by Gasteiger charge is -2.12. The van der Waals surface area contributed by atoms with Crippen LogP contribution in [0.25, 0.3) is 0 Å². The Morgan fingerprint density at radius 2 is 1.81 bits per heavy atom. The Labute approximate surface area is 160 Å². The third-order valence-corrected chi connectivity index (χ3v) is 3.55. The van der Waals surface area contributed by atoms with Gasteiger partial charge in [-0.3, -0.25) is 9.79 Å². The molecule has 0 saturated heterocycles. The summed E-state index contributed by atoms with van der Waals surface area (Å²) in [7, 11) is 1.65. The van der Waals surface area contributed by atoms with E-state index in [1.807, 2.05) is 6.92 Å². The van der Waals surface area contributed by atoms with Crippen LogP contribution in [0.2, 0.25) is 5.02 Å². The summed E-state index contributed by atoms with van der Waals surface area (Å²) in [5.41, 5.74) is 0.587. The third kappa shape index (κ3) is 10.2. The van der Waals surface area contributed by atoms with Crippen LogP contribution in [0.1, 0.15) is 23.7 Å². The zero-order valence-corrected chi connectivity index (χ0v) is 16.3. The average molecular weight is 385 g/mol. The second-order valence-corrected chi connectivity index (χ2v) is 5.85. The molecule has 3 N–H and O–H groups in total.